The Labute approximate surface area is 181 Å². The molecule has 2 aromatic carbocycles. The van der Waals surface area contributed by atoms with E-state index >= 15 is 0 Å². The molecule has 3 nitrogen and oxygen atoms in total. The highest BCUT2D eigenvalue weighted by atomic mass is 16.1. The molecular formula is C27H34N2O. The molecule has 0 aliphatic heterocycles. The van der Waals surface area contributed by atoms with Gasteiger partial charge in [0, 0.05) is 0 Å². The summed E-state index contributed by atoms with van der Waals surface area (Å²) >= 11 is 0. The average molecular weight is 403 g/mol. The van der Waals surface area contributed by atoms with E-state index in [9.17, 15) is 10.1 Å². The van der Waals surface area contributed by atoms with Crippen molar-refractivity contribution in [2.24, 2.45) is 0 Å². The fourth-order valence-electron chi connectivity index (χ4n) is 2.95. The monoisotopic (exact) mass is 402 g/mol. The number of carbonyl (C=O) groups excluding carboxylic acids is 1. The van der Waals surface area contributed by atoms with Crippen LogP contribution >= 0.6 is 0 Å². The van der Waals surface area contributed by atoms with Gasteiger partial charge in [0.2, 0.25) is 0 Å². The van der Waals surface area contributed by atoms with Crippen molar-refractivity contribution >= 4 is 12.0 Å². The normalized spacial score (nSPS) is 13.4. The molecule has 1 saturated carbocycles. The van der Waals surface area contributed by atoms with Crippen LogP contribution in [0.25, 0.3) is 6.08 Å². The highest BCUT2D eigenvalue weighted by molar-refractivity contribution is 6.01. The smallest absolute Gasteiger partial charge is 0.262 e. The largest absolute Gasteiger partial charge is 0.345 e. The topological polar surface area (TPSA) is 52.9 Å². The Kier molecular flexibility index (Phi) is 10.4. The second-order valence-electron chi connectivity index (χ2n) is 7.89. The number of nitriles is 1. The molecule has 0 saturated heterocycles. The summed E-state index contributed by atoms with van der Waals surface area (Å²) in [4.78, 5) is 12.4. The minimum absolute atomic E-state index is 0.119. The van der Waals surface area contributed by atoms with Crippen molar-refractivity contribution in [1.29, 1.82) is 5.26 Å². The highest BCUT2D eigenvalue weighted by Gasteiger charge is 2.13. The molecule has 0 radical (unpaired) electrons. The summed E-state index contributed by atoms with van der Waals surface area (Å²) in [5.74, 6) is -0.350. The molecule has 1 aliphatic rings. The van der Waals surface area contributed by atoms with Crippen LogP contribution in [0.2, 0.25) is 0 Å². The quantitative estimate of drug-likeness (QED) is 0.286. The van der Waals surface area contributed by atoms with Crippen LogP contribution in [0.1, 0.15) is 81.5 Å². The fraction of sp³-hybridized carbons (Fsp3) is 0.407. The number of hydrogen-bond donors (Lipinski definition) is 1. The SMILES string of the molecule is C1CC1.CCCCCCc1ccc(/C=C(\C#N)C(=O)NC(C)c2ccccc2)cc1. The van der Waals surface area contributed by atoms with Crippen molar-refractivity contribution in [3.05, 3.63) is 76.9 Å². The first kappa shape index (κ1) is 23.4. The molecule has 0 heterocycles. The number of carbonyl (C=O) groups is 1. The van der Waals surface area contributed by atoms with Gasteiger partial charge in [0.25, 0.3) is 5.91 Å². The maximum atomic E-state index is 12.4. The van der Waals surface area contributed by atoms with E-state index in [1.807, 2.05) is 55.5 Å². The second-order valence-corrected chi connectivity index (χ2v) is 7.89. The van der Waals surface area contributed by atoms with Gasteiger partial charge >= 0.3 is 0 Å². The summed E-state index contributed by atoms with van der Waals surface area (Å²) in [6, 6.07) is 19.7. The molecule has 1 atom stereocenters. The van der Waals surface area contributed by atoms with Crippen molar-refractivity contribution in [2.45, 2.75) is 71.3 Å². The average Bonchev–Trinajstić information content (AvgIpc) is 3.66. The van der Waals surface area contributed by atoms with E-state index in [0.717, 1.165) is 17.5 Å². The molecule has 1 aliphatic carbocycles. The Hall–Kier alpha value is -2.86. The lowest BCUT2D eigenvalue weighted by molar-refractivity contribution is -0.117. The van der Waals surface area contributed by atoms with E-state index in [1.54, 1.807) is 6.08 Å². The van der Waals surface area contributed by atoms with E-state index in [-0.39, 0.29) is 17.5 Å². The molecule has 158 valence electrons. The lowest BCUT2D eigenvalue weighted by atomic mass is 10.0. The molecule has 2 aromatic rings. The van der Waals surface area contributed by atoms with E-state index < -0.39 is 0 Å². The van der Waals surface area contributed by atoms with Gasteiger partial charge in [-0.3, -0.25) is 4.79 Å². The summed E-state index contributed by atoms with van der Waals surface area (Å²) in [7, 11) is 0. The Morgan fingerprint density at radius 1 is 1.03 bits per heavy atom. The van der Waals surface area contributed by atoms with Crippen LogP contribution in [-0.2, 0) is 11.2 Å². The van der Waals surface area contributed by atoms with Crippen molar-refractivity contribution in [3.8, 4) is 6.07 Å². The van der Waals surface area contributed by atoms with Crippen LogP contribution in [-0.4, -0.2) is 5.91 Å². The number of nitrogens with zero attached hydrogens (tertiary/aromatic N) is 1. The van der Waals surface area contributed by atoms with Gasteiger partial charge < -0.3 is 5.32 Å². The van der Waals surface area contributed by atoms with Gasteiger partial charge in [0.15, 0.2) is 0 Å². The van der Waals surface area contributed by atoms with E-state index in [0.29, 0.717) is 0 Å². The summed E-state index contributed by atoms with van der Waals surface area (Å²) in [5.41, 5.74) is 3.29. The number of hydrogen-bond acceptors (Lipinski definition) is 2. The number of unbranched alkanes of at least 4 members (excludes halogenated alkanes) is 3. The molecule has 3 rings (SSSR count). The maximum Gasteiger partial charge on any atom is 0.262 e. The second kappa shape index (κ2) is 13.4. The minimum Gasteiger partial charge on any atom is -0.345 e. The number of nitrogens with one attached hydrogen (secondary N) is 1. The zero-order valence-electron chi connectivity index (χ0n) is 18.4. The van der Waals surface area contributed by atoms with Gasteiger partial charge in [-0.15, -0.1) is 0 Å². The first-order valence-electron chi connectivity index (χ1n) is 11.2. The summed E-state index contributed by atoms with van der Waals surface area (Å²) in [5, 5.41) is 12.3. The van der Waals surface area contributed by atoms with E-state index in [1.165, 1.54) is 50.5 Å². The van der Waals surface area contributed by atoms with Crippen LogP contribution < -0.4 is 5.32 Å². The Bertz CT molecular complexity index is 827. The predicted molar refractivity (Wildman–Crippen MR) is 125 cm³/mol. The zero-order chi connectivity index (χ0) is 21.6. The zero-order valence-corrected chi connectivity index (χ0v) is 18.4. The van der Waals surface area contributed by atoms with Crippen LogP contribution in [0, 0.1) is 11.3 Å². The molecular weight excluding hydrogens is 368 g/mol. The predicted octanol–water partition coefficient (Wildman–Crippen LogP) is 6.76. The molecule has 0 aromatic heterocycles. The third-order valence-corrected chi connectivity index (χ3v) is 4.98. The molecule has 1 fully saturated rings. The van der Waals surface area contributed by atoms with Crippen LogP contribution in [0.3, 0.4) is 0 Å². The Balaban J connectivity index is 0.000000976. The van der Waals surface area contributed by atoms with Gasteiger partial charge in [-0.05, 0) is 42.5 Å². The first-order chi connectivity index (χ1) is 14.6. The van der Waals surface area contributed by atoms with Crippen molar-refractivity contribution < 1.29 is 4.79 Å². The number of amides is 1. The van der Waals surface area contributed by atoms with Crippen LogP contribution in [0.4, 0.5) is 0 Å². The molecule has 1 amide bonds. The van der Waals surface area contributed by atoms with E-state index in [4.69, 9.17) is 0 Å². The van der Waals surface area contributed by atoms with Gasteiger partial charge in [-0.1, -0.05) is 100 Å². The van der Waals surface area contributed by atoms with Gasteiger partial charge in [-0.2, -0.15) is 5.26 Å². The highest BCUT2D eigenvalue weighted by Crippen LogP contribution is 2.15. The van der Waals surface area contributed by atoms with Gasteiger partial charge in [0.1, 0.15) is 11.6 Å². The van der Waals surface area contributed by atoms with Gasteiger partial charge in [-0.25, -0.2) is 0 Å². The fourth-order valence-corrected chi connectivity index (χ4v) is 2.95. The molecule has 1 unspecified atom stereocenters. The number of rotatable bonds is 9. The molecule has 0 bridgehead atoms. The lowest BCUT2D eigenvalue weighted by Gasteiger charge is -2.13. The maximum absolute atomic E-state index is 12.4. The standard InChI is InChI=1S/C24H28N2O.C3H6/c1-3-4-5-7-10-20-13-15-21(16-14-20)17-23(18-25)24(27)26-19(2)22-11-8-6-9-12-22;1-2-3-1/h6,8-9,11-17,19H,3-5,7,10H2,1-2H3,(H,26,27);1-3H2/b23-17+;. The summed E-state index contributed by atoms with van der Waals surface area (Å²) in [6.07, 6.45) is 12.2. The molecule has 1 N–H and O–H groups in total. The number of aryl methyl sites for hydroxylation is 1. The first-order valence-corrected chi connectivity index (χ1v) is 11.2. The van der Waals surface area contributed by atoms with Crippen molar-refractivity contribution in [3.63, 3.8) is 0 Å². The summed E-state index contributed by atoms with van der Waals surface area (Å²) in [6.45, 7) is 4.13. The summed E-state index contributed by atoms with van der Waals surface area (Å²) < 4.78 is 0. The molecule has 0 spiro atoms. The lowest BCUT2D eigenvalue weighted by Crippen LogP contribution is -2.27. The minimum atomic E-state index is -0.350. The van der Waals surface area contributed by atoms with Crippen LogP contribution in [0.5, 0.6) is 0 Å². The number of benzene rings is 2. The molecule has 30 heavy (non-hydrogen) atoms. The molecule has 3 heteroatoms. The Morgan fingerprint density at radius 3 is 2.27 bits per heavy atom. The third kappa shape index (κ3) is 9.09. The Morgan fingerprint density at radius 2 is 1.70 bits per heavy atom. The van der Waals surface area contributed by atoms with Gasteiger partial charge in [0.05, 0.1) is 6.04 Å². The third-order valence-electron chi connectivity index (χ3n) is 4.98. The van der Waals surface area contributed by atoms with E-state index in [2.05, 4.69) is 24.4 Å². The van der Waals surface area contributed by atoms with Crippen molar-refractivity contribution in [2.75, 3.05) is 0 Å². The van der Waals surface area contributed by atoms with Crippen molar-refractivity contribution in [1.82, 2.24) is 5.32 Å². The van der Waals surface area contributed by atoms with Crippen LogP contribution in [0.15, 0.2) is 60.2 Å².